The standard InChI is InChI=1S/C47H63ClN4O3/c1-46(2)37-21-10-12-23-39(37)51(33-16-5-8-25-43(53)50-32-15-7-14-31-49)41(46)29-27-35-19-18-20-36(45(35)48)28-30-42-47(3,4)38-22-11-13-24-40(38)52(42)34-17-6-9-26-44(54)55/h10-13,21-24,27-30H,5-9,14-20,25-26,31-34,49H2,1-4H3,(H-,50,53,54,55)/p+1. The number of unbranched alkanes of at least 4 members (excludes halogenated alkanes) is 6. The molecule has 0 unspecified atom stereocenters. The molecule has 8 heteroatoms. The Morgan fingerprint density at radius 1 is 0.836 bits per heavy atom. The lowest BCUT2D eigenvalue weighted by Crippen LogP contribution is -2.28. The van der Waals surface area contributed by atoms with Crippen molar-refractivity contribution in [3.63, 3.8) is 0 Å². The number of carbonyl (C=O) groups excluding carboxylic acids is 1. The molecule has 1 amide bonds. The first kappa shape index (κ1) is 42.2. The van der Waals surface area contributed by atoms with E-state index in [1.807, 2.05) is 0 Å². The molecule has 2 heterocycles. The summed E-state index contributed by atoms with van der Waals surface area (Å²) in [5, 5.41) is 13.0. The van der Waals surface area contributed by atoms with E-state index in [9.17, 15) is 9.59 Å². The van der Waals surface area contributed by atoms with Crippen molar-refractivity contribution >= 4 is 40.6 Å². The highest BCUT2D eigenvalue weighted by Gasteiger charge is 2.44. The van der Waals surface area contributed by atoms with E-state index in [1.165, 1.54) is 45.1 Å². The molecule has 2 aromatic carbocycles. The van der Waals surface area contributed by atoms with Crippen molar-refractivity contribution < 1.29 is 19.3 Å². The van der Waals surface area contributed by atoms with Gasteiger partial charge in [0.05, 0.1) is 5.41 Å². The molecule has 7 nitrogen and oxygen atoms in total. The number of amides is 1. The van der Waals surface area contributed by atoms with E-state index in [0.29, 0.717) is 19.4 Å². The highest BCUT2D eigenvalue weighted by Crippen LogP contribution is 2.48. The van der Waals surface area contributed by atoms with Crippen LogP contribution < -0.4 is 16.0 Å². The number of carbonyl (C=O) groups is 2. The quantitative estimate of drug-likeness (QED) is 0.0921. The van der Waals surface area contributed by atoms with E-state index in [4.69, 9.17) is 22.4 Å². The molecular formula is C47H64ClN4O3+. The zero-order valence-electron chi connectivity index (χ0n) is 33.8. The minimum absolute atomic E-state index is 0.150. The van der Waals surface area contributed by atoms with Crippen LogP contribution in [0.5, 0.6) is 0 Å². The molecule has 5 rings (SSSR count). The van der Waals surface area contributed by atoms with Gasteiger partial charge in [0.25, 0.3) is 0 Å². The zero-order valence-corrected chi connectivity index (χ0v) is 34.5. The Labute approximate surface area is 335 Å². The third-order valence-corrected chi connectivity index (χ3v) is 12.2. The van der Waals surface area contributed by atoms with E-state index in [1.54, 1.807) is 0 Å². The molecular weight excluding hydrogens is 704 g/mol. The highest BCUT2D eigenvalue weighted by molar-refractivity contribution is 6.32. The van der Waals surface area contributed by atoms with Crippen molar-refractivity contribution in [3.8, 4) is 0 Å². The fourth-order valence-corrected chi connectivity index (χ4v) is 8.86. The van der Waals surface area contributed by atoms with Crippen LogP contribution in [0.4, 0.5) is 11.4 Å². The number of nitrogens with two attached hydrogens (primary N) is 1. The van der Waals surface area contributed by atoms with Crippen LogP contribution in [0.25, 0.3) is 0 Å². The second-order valence-corrected chi connectivity index (χ2v) is 16.8. The van der Waals surface area contributed by atoms with Gasteiger partial charge in [-0.05, 0) is 107 Å². The molecule has 0 spiro atoms. The number of hydrogen-bond donors (Lipinski definition) is 3. The third kappa shape index (κ3) is 10.5. The van der Waals surface area contributed by atoms with E-state index in [-0.39, 0.29) is 23.2 Å². The summed E-state index contributed by atoms with van der Waals surface area (Å²) in [5.74, 6) is -0.577. The molecule has 0 bridgehead atoms. The average molecular weight is 769 g/mol. The Bertz CT molecular complexity index is 1830. The summed E-state index contributed by atoms with van der Waals surface area (Å²) in [5.41, 5.74) is 15.3. The Hall–Kier alpha value is -3.94. The fourth-order valence-electron chi connectivity index (χ4n) is 8.55. The molecule has 55 heavy (non-hydrogen) atoms. The maximum Gasteiger partial charge on any atom is 0.303 e. The number of anilines is 1. The predicted molar refractivity (Wildman–Crippen MR) is 229 cm³/mol. The Kier molecular flexibility index (Phi) is 15.2. The summed E-state index contributed by atoms with van der Waals surface area (Å²) in [6, 6.07) is 17.4. The molecule has 3 aliphatic rings. The summed E-state index contributed by atoms with van der Waals surface area (Å²) in [4.78, 5) is 25.9. The van der Waals surface area contributed by atoms with Crippen molar-refractivity contribution in [2.45, 2.75) is 128 Å². The average Bonchev–Trinajstić information content (AvgIpc) is 3.51. The summed E-state index contributed by atoms with van der Waals surface area (Å²) >= 11 is 7.26. The SMILES string of the molecule is CC1(C)C(/C=C/C2=C(Cl)C(=C/C=C3/N(CCCCCC(=O)NCCCCCN)c4ccccc4C3(C)C)/CCC2)=[N+](CCCCCC(=O)O)c2ccccc21. The molecule has 2 aromatic rings. The van der Waals surface area contributed by atoms with Crippen molar-refractivity contribution in [1.29, 1.82) is 0 Å². The number of carboxylic acids is 1. The zero-order chi connectivity index (χ0) is 39.4. The number of allylic oxidation sites excluding steroid dienone is 8. The van der Waals surface area contributed by atoms with Crippen molar-refractivity contribution in [2.24, 2.45) is 5.73 Å². The monoisotopic (exact) mass is 767 g/mol. The van der Waals surface area contributed by atoms with Gasteiger partial charge in [-0.2, -0.15) is 4.58 Å². The van der Waals surface area contributed by atoms with Crippen molar-refractivity contribution in [1.82, 2.24) is 5.32 Å². The van der Waals surface area contributed by atoms with Gasteiger partial charge in [-0.3, -0.25) is 9.59 Å². The molecule has 0 fully saturated rings. The number of hydrogen-bond acceptors (Lipinski definition) is 4. The van der Waals surface area contributed by atoms with Gasteiger partial charge in [0.15, 0.2) is 5.71 Å². The molecule has 0 saturated heterocycles. The molecule has 296 valence electrons. The number of rotatable bonds is 20. The topological polar surface area (TPSA) is 98.7 Å². The van der Waals surface area contributed by atoms with Gasteiger partial charge in [-0.15, -0.1) is 0 Å². The lowest BCUT2D eigenvalue weighted by Gasteiger charge is -2.27. The second-order valence-electron chi connectivity index (χ2n) is 16.5. The number of benzene rings is 2. The lowest BCUT2D eigenvalue weighted by molar-refractivity contribution is -0.438. The molecule has 4 N–H and O–H groups in total. The van der Waals surface area contributed by atoms with E-state index in [2.05, 4.69) is 115 Å². The maximum atomic E-state index is 12.4. The lowest BCUT2D eigenvalue weighted by atomic mass is 9.81. The van der Waals surface area contributed by atoms with Crippen LogP contribution in [0.15, 0.2) is 94.7 Å². The minimum Gasteiger partial charge on any atom is -0.481 e. The summed E-state index contributed by atoms with van der Waals surface area (Å²) in [6.07, 6.45) is 21.3. The van der Waals surface area contributed by atoms with E-state index >= 15 is 0 Å². The first-order chi connectivity index (χ1) is 26.5. The smallest absolute Gasteiger partial charge is 0.303 e. The van der Waals surface area contributed by atoms with Gasteiger partial charge in [0.2, 0.25) is 11.6 Å². The number of para-hydroxylation sites is 2. The highest BCUT2D eigenvalue weighted by atomic mass is 35.5. The van der Waals surface area contributed by atoms with Gasteiger partial charge < -0.3 is 21.1 Å². The fraction of sp³-hybridized carbons (Fsp3) is 0.511. The van der Waals surface area contributed by atoms with Crippen molar-refractivity contribution in [3.05, 3.63) is 106 Å². The Morgan fingerprint density at radius 3 is 2.33 bits per heavy atom. The van der Waals surface area contributed by atoms with Gasteiger partial charge in [-0.25, -0.2) is 0 Å². The summed E-state index contributed by atoms with van der Waals surface area (Å²) < 4.78 is 2.43. The molecule has 0 aromatic heterocycles. The van der Waals surface area contributed by atoms with E-state index < -0.39 is 5.97 Å². The van der Waals surface area contributed by atoms with Crippen LogP contribution in [0, 0.1) is 0 Å². The third-order valence-electron chi connectivity index (χ3n) is 11.7. The largest absolute Gasteiger partial charge is 0.481 e. The second kappa shape index (κ2) is 19.8. The summed E-state index contributed by atoms with van der Waals surface area (Å²) in [7, 11) is 0. The number of nitrogens with zero attached hydrogens (tertiary/aromatic N) is 2. The minimum atomic E-state index is -0.727. The van der Waals surface area contributed by atoms with Crippen LogP contribution >= 0.6 is 11.6 Å². The Balaban J connectivity index is 1.31. The van der Waals surface area contributed by atoms with Crippen LogP contribution in [-0.2, 0) is 20.4 Å². The van der Waals surface area contributed by atoms with Crippen LogP contribution in [0.2, 0.25) is 0 Å². The van der Waals surface area contributed by atoms with Gasteiger partial charge in [0.1, 0.15) is 6.54 Å². The number of carboxylic acid groups (broad SMARTS) is 1. The predicted octanol–water partition coefficient (Wildman–Crippen LogP) is 10.4. The molecule has 0 saturated carbocycles. The normalized spacial score (nSPS) is 18.8. The van der Waals surface area contributed by atoms with Gasteiger partial charge in [-0.1, -0.05) is 86.8 Å². The van der Waals surface area contributed by atoms with Crippen LogP contribution in [0.1, 0.15) is 129 Å². The van der Waals surface area contributed by atoms with Gasteiger partial charge in [0, 0.05) is 71.9 Å². The van der Waals surface area contributed by atoms with Crippen LogP contribution in [0.3, 0.4) is 0 Å². The first-order valence-corrected chi connectivity index (χ1v) is 21.1. The molecule has 0 radical (unpaired) electrons. The van der Waals surface area contributed by atoms with E-state index in [0.717, 1.165) is 95.3 Å². The molecule has 1 aliphatic carbocycles. The molecule has 0 atom stereocenters. The summed E-state index contributed by atoms with van der Waals surface area (Å²) in [6.45, 7) is 12.4. The maximum absolute atomic E-state index is 12.4. The number of aliphatic carboxylic acids is 1. The van der Waals surface area contributed by atoms with Crippen LogP contribution in [-0.4, -0.2) is 53.4 Å². The number of nitrogens with one attached hydrogen (secondary N) is 1. The number of fused-ring (bicyclic) bond motifs is 2. The van der Waals surface area contributed by atoms with Crippen molar-refractivity contribution in [2.75, 3.05) is 31.1 Å². The van der Waals surface area contributed by atoms with Gasteiger partial charge >= 0.3 is 5.97 Å². The first-order valence-electron chi connectivity index (χ1n) is 20.7. The Morgan fingerprint density at radius 2 is 1.55 bits per heavy atom. The number of halogens is 1. The molecule has 2 aliphatic heterocycles.